The zero-order valence-electron chi connectivity index (χ0n) is 23.7. The molecule has 0 bridgehead atoms. The van der Waals surface area contributed by atoms with E-state index in [1.807, 2.05) is 4.57 Å². The highest BCUT2D eigenvalue weighted by atomic mass is 19.1. The molecule has 0 spiro atoms. The molecule has 43 heavy (non-hydrogen) atoms. The number of halogens is 3. The number of benzene rings is 3. The first kappa shape index (κ1) is 28.4. The molecule has 0 unspecified atom stereocenters. The number of ether oxygens (including phenoxy) is 1. The van der Waals surface area contributed by atoms with Gasteiger partial charge >= 0.3 is 12.0 Å². The van der Waals surface area contributed by atoms with Crippen LogP contribution in [0.3, 0.4) is 0 Å². The lowest BCUT2D eigenvalue weighted by Gasteiger charge is -2.17. The van der Waals surface area contributed by atoms with Gasteiger partial charge in [-0.05, 0) is 73.1 Å². The van der Waals surface area contributed by atoms with Crippen molar-refractivity contribution in [1.29, 1.82) is 0 Å². The van der Waals surface area contributed by atoms with Crippen molar-refractivity contribution in [2.75, 3.05) is 0 Å². The van der Waals surface area contributed by atoms with Crippen LogP contribution < -0.4 is 4.74 Å². The molecule has 2 heterocycles. The monoisotopic (exact) mass is 586 g/mol. The second kappa shape index (κ2) is 11.2. The minimum atomic E-state index is -1.23. The molecule has 0 saturated heterocycles. The highest BCUT2D eigenvalue weighted by Crippen LogP contribution is 2.50. The largest absolute Gasteiger partial charge is 0.478 e. The zero-order chi connectivity index (χ0) is 30.3. The van der Waals surface area contributed by atoms with Crippen LogP contribution in [0.15, 0.2) is 60.8 Å². The SMILES string of the molecule is CCC1(Cn2c(Cc3ccc(-c4ccnc(OCc5ccc(C)cc5F)n4)cc3F)nc3c(F)cc(C(=O)O)cc32)CC1. The van der Waals surface area contributed by atoms with Gasteiger partial charge in [-0.3, -0.25) is 0 Å². The third-order valence-electron chi connectivity index (χ3n) is 8.23. The minimum absolute atomic E-state index is 0.0309. The molecule has 1 saturated carbocycles. The Morgan fingerprint density at radius 3 is 2.44 bits per heavy atom. The summed E-state index contributed by atoms with van der Waals surface area (Å²) in [6.45, 7) is 4.39. The Morgan fingerprint density at radius 2 is 1.74 bits per heavy atom. The van der Waals surface area contributed by atoms with Crippen molar-refractivity contribution >= 4 is 17.0 Å². The van der Waals surface area contributed by atoms with E-state index in [9.17, 15) is 18.7 Å². The maximum absolute atomic E-state index is 15.5. The van der Waals surface area contributed by atoms with Gasteiger partial charge in [-0.15, -0.1) is 0 Å². The van der Waals surface area contributed by atoms with Crippen LogP contribution >= 0.6 is 0 Å². The van der Waals surface area contributed by atoms with Crippen LogP contribution in [0.1, 0.15) is 59.1 Å². The molecule has 0 radical (unpaired) electrons. The standard InChI is InChI=1S/C33H29F3N4O3/c1-3-33(9-10-33)18-40-28-15-23(31(41)42)14-26(36)30(28)39-29(40)16-20-6-7-21(13-25(20)35)27-8-11-37-32(38-27)43-17-22-5-4-19(2)12-24(22)34/h4-8,11-15H,3,9-10,16-18H2,1-2H3,(H,41,42). The van der Waals surface area contributed by atoms with Gasteiger partial charge in [-0.25, -0.2) is 27.9 Å². The number of hydrogen-bond donors (Lipinski definition) is 1. The number of hydrogen-bond acceptors (Lipinski definition) is 5. The van der Waals surface area contributed by atoms with Gasteiger partial charge in [0.25, 0.3) is 0 Å². The molecule has 0 atom stereocenters. The quantitative estimate of drug-likeness (QED) is 0.185. The van der Waals surface area contributed by atoms with Crippen LogP contribution in [0.5, 0.6) is 6.01 Å². The number of rotatable bonds is 10. The molecule has 7 nitrogen and oxygen atoms in total. The Bertz CT molecular complexity index is 1870. The molecule has 10 heteroatoms. The van der Waals surface area contributed by atoms with Gasteiger partial charge in [0, 0.05) is 30.3 Å². The van der Waals surface area contributed by atoms with Crippen LogP contribution in [0.2, 0.25) is 0 Å². The molecule has 3 aromatic carbocycles. The van der Waals surface area contributed by atoms with Gasteiger partial charge in [-0.2, -0.15) is 4.98 Å². The van der Waals surface area contributed by atoms with Gasteiger partial charge in [0.1, 0.15) is 29.6 Å². The predicted octanol–water partition coefficient (Wildman–Crippen LogP) is 7.28. The molecular weight excluding hydrogens is 557 g/mol. The molecule has 6 rings (SSSR count). The summed E-state index contributed by atoms with van der Waals surface area (Å²) in [6, 6.07) is 13.6. The fourth-order valence-corrected chi connectivity index (χ4v) is 5.30. The molecule has 2 aromatic heterocycles. The highest BCUT2D eigenvalue weighted by molar-refractivity contribution is 5.92. The Labute approximate surface area is 246 Å². The summed E-state index contributed by atoms with van der Waals surface area (Å²) in [5.41, 5.74) is 2.77. The van der Waals surface area contributed by atoms with Crippen LogP contribution in [0.25, 0.3) is 22.3 Å². The van der Waals surface area contributed by atoms with Crippen molar-refractivity contribution in [2.24, 2.45) is 5.41 Å². The van der Waals surface area contributed by atoms with Gasteiger partial charge in [0.2, 0.25) is 0 Å². The van der Waals surface area contributed by atoms with E-state index >= 15 is 4.39 Å². The number of fused-ring (bicyclic) bond motifs is 1. The average Bonchev–Trinajstić information content (AvgIpc) is 3.68. The first-order chi connectivity index (χ1) is 20.6. The van der Waals surface area contributed by atoms with Crippen molar-refractivity contribution < 1.29 is 27.8 Å². The summed E-state index contributed by atoms with van der Waals surface area (Å²) >= 11 is 0. The van der Waals surface area contributed by atoms with Crippen LogP contribution in [-0.4, -0.2) is 30.6 Å². The van der Waals surface area contributed by atoms with E-state index in [0.717, 1.165) is 30.9 Å². The number of aryl methyl sites for hydroxylation is 1. The second-order valence-electron chi connectivity index (χ2n) is 11.2. The first-order valence-corrected chi connectivity index (χ1v) is 14.1. The molecule has 1 aliphatic carbocycles. The smallest absolute Gasteiger partial charge is 0.335 e. The highest BCUT2D eigenvalue weighted by Gasteiger charge is 2.41. The Hall–Kier alpha value is -4.73. The fraction of sp³-hybridized carbons (Fsp3) is 0.273. The van der Waals surface area contributed by atoms with Gasteiger partial charge in [-0.1, -0.05) is 31.2 Å². The maximum atomic E-state index is 15.5. The van der Waals surface area contributed by atoms with E-state index in [0.29, 0.717) is 40.3 Å². The van der Waals surface area contributed by atoms with Gasteiger partial charge in [0.15, 0.2) is 5.82 Å². The van der Waals surface area contributed by atoms with Crippen molar-refractivity contribution in [1.82, 2.24) is 19.5 Å². The second-order valence-corrected chi connectivity index (χ2v) is 11.2. The Balaban J connectivity index is 1.27. The topological polar surface area (TPSA) is 90.1 Å². The fourth-order valence-electron chi connectivity index (χ4n) is 5.30. The molecule has 0 amide bonds. The number of carboxylic acids is 1. The zero-order valence-corrected chi connectivity index (χ0v) is 23.7. The van der Waals surface area contributed by atoms with E-state index in [2.05, 4.69) is 21.9 Å². The lowest BCUT2D eigenvalue weighted by Crippen LogP contribution is -2.14. The molecule has 5 aromatic rings. The summed E-state index contributed by atoms with van der Waals surface area (Å²) in [4.78, 5) is 24.6. The number of imidazole rings is 1. The number of carboxylic acid groups (broad SMARTS) is 1. The molecular formula is C33H29F3N4O3. The van der Waals surface area contributed by atoms with Crippen LogP contribution in [0, 0.1) is 29.8 Å². The summed E-state index contributed by atoms with van der Waals surface area (Å²) < 4.78 is 52.1. The molecule has 1 fully saturated rings. The molecule has 1 aliphatic rings. The van der Waals surface area contributed by atoms with E-state index in [1.165, 1.54) is 24.4 Å². The van der Waals surface area contributed by atoms with E-state index < -0.39 is 17.6 Å². The number of aromatic carboxylic acids is 1. The Kier molecular flexibility index (Phi) is 7.37. The van der Waals surface area contributed by atoms with Crippen molar-refractivity contribution in [3.63, 3.8) is 0 Å². The minimum Gasteiger partial charge on any atom is -0.478 e. The predicted molar refractivity (Wildman–Crippen MR) is 154 cm³/mol. The van der Waals surface area contributed by atoms with E-state index in [1.54, 1.807) is 37.3 Å². The maximum Gasteiger partial charge on any atom is 0.335 e. The van der Waals surface area contributed by atoms with Gasteiger partial charge < -0.3 is 14.4 Å². The lowest BCUT2D eigenvalue weighted by molar-refractivity contribution is 0.0696. The number of nitrogens with zero attached hydrogens (tertiary/aromatic N) is 4. The summed E-state index contributed by atoms with van der Waals surface area (Å²) in [5.74, 6) is -2.37. The van der Waals surface area contributed by atoms with E-state index in [4.69, 9.17) is 4.74 Å². The number of carbonyl (C=O) groups is 1. The Morgan fingerprint density at radius 1 is 0.977 bits per heavy atom. The van der Waals surface area contributed by atoms with Gasteiger partial charge in [0.05, 0.1) is 16.8 Å². The summed E-state index contributed by atoms with van der Waals surface area (Å²) in [7, 11) is 0. The van der Waals surface area contributed by atoms with Crippen LogP contribution in [-0.2, 0) is 19.6 Å². The molecule has 220 valence electrons. The van der Waals surface area contributed by atoms with Crippen molar-refractivity contribution in [3.05, 3.63) is 106 Å². The third-order valence-corrected chi connectivity index (χ3v) is 8.23. The average molecular weight is 587 g/mol. The third kappa shape index (κ3) is 5.82. The van der Waals surface area contributed by atoms with Crippen molar-refractivity contribution in [3.8, 4) is 17.3 Å². The van der Waals surface area contributed by atoms with E-state index in [-0.39, 0.29) is 41.4 Å². The first-order valence-electron chi connectivity index (χ1n) is 14.1. The lowest BCUT2D eigenvalue weighted by atomic mass is 10.0. The van der Waals surface area contributed by atoms with Crippen molar-refractivity contribution in [2.45, 2.75) is 52.7 Å². The normalized spacial score (nSPS) is 13.8. The van der Waals surface area contributed by atoms with Crippen LogP contribution in [0.4, 0.5) is 13.2 Å². The number of aromatic nitrogens is 4. The molecule has 1 N–H and O–H groups in total. The summed E-state index contributed by atoms with van der Waals surface area (Å²) in [6.07, 6.45) is 4.51. The summed E-state index contributed by atoms with van der Waals surface area (Å²) in [5, 5.41) is 9.49. The molecule has 0 aliphatic heterocycles.